The van der Waals surface area contributed by atoms with Gasteiger partial charge in [0.25, 0.3) is 0 Å². The average molecular weight is 301 g/mol. The second-order valence-corrected chi connectivity index (χ2v) is 5.54. The number of aromatic nitrogens is 2. The number of β-amino-alcohol motifs (C(OH)–C–C–N with tert-alkyl or cyclic N) is 1. The first-order chi connectivity index (χ1) is 9.24. The van der Waals surface area contributed by atoms with Gasteiger partial charge in [-0.3, -0.25) is 9.89 Å². The van der Waals surface area contributed by atoms with E-state index in [4.69, 9.17) is 0 Å². The van der Waals surface area contributed by atoms with Gasteiger partial charge in [0.1, 0.15) is 0 Å². The number of amides is 1. The first-order valence-electron chi connectivity index (χ1n) is 6.91. The van der Waals surface area contributed by atoms with E-state index < -0.39 is 0 Å². The molecule has 0 saturated carbocycles. The minimum Gasteiger partial charge on any atom is -0.391 e. The van der Waals surface area contributed by atoms with Gasteiger partial charge >= 0.3 is 0 Å². The summed E-state index contributed by atoms with van der Waals surface area (Å²) >= 11 is 0. The molecule has 7 heteroatoms. The molecule has 1 aliphatic heterocycles. The quantitative estimate of drug-likeness (QED) is 0.613. The van der Waals surface area contributed by atoms with Crippen molar-refractivity contribution in [3.8, 4) is 0 Å². The van der Waals surface area contributed by atoms with Gasteiger partial charge < -0.3 is 15.7 Å². The summed E-state index contributed by atoms with van der Waals surface area (Å²) in [5.74, 6) is 0.258. The highest BCUT2D eigenvalue weighted by atomic mass is 35.5. The van der Waals surface area contributed by atoms with Crippen molar-refractivity contribution in [2.45, 2.75) is 25.4 Å². The highest BCUT2D eigenvalue weighted by molar-refractivity contribution is 5.85. The predicted molar refractivity (Wildman–Crippen MR) is 76.7 cm³/mol. The van der Waals surface area contributed by atoms with Crippen molar-refractivity contribution in [3.05, 3.63) is 17.5 Å². The average Bonchev–Trinajstić information content (AvgIpc) is 3.03. The predicted octanol–water partition coefficient (Wildman–Crippen LogP) is -0.367. The lowest BCUT2D eigenvalue weighted by molar-refractivity contribution is -0.125. The van der Waals surface area contributed by atoms with Crippen molar-refractivity contribution in [1.82, 2.24) is 20.8 Å². The molecule has 0 bridgehead atoms. The van der Waals surface area contributed by atoms with Crippen LogP contribution in [0.3, 0.4) is 0 Å². The van der Waals surface area contributed by atoms with Crippen molar-refractivity contribution in [3.63, 3.8) is 0 Å². The molecule has 4 N–H and O–H groups in total. The Bertz CT molecular complexity index is 465. The molecule has 1 fully saturated rings. The Kier molecular flexibility index (Phi) is 5.01. The maximum absolute atomic E-state index is 12.1. The molecule has 1 aromatic heterocycles. The van der Waals surface area contributed by atoms with E-state index in [1.807, 2.05) is 6.20 Å². The molecule has 6 nitrogen and oxygen atoms in total. The summed E-state index contributed by atoms with van der Waals surface area (Å²) < 4.78 is 0. The van der Waals surface area contributed by atoms with Crippen LogP contribution in [0.15, 0.2) is 6.20 Å². The van der Waals surface area contributed by atoms with Crippen LogP contribution in [0.2, 0.25) is 0 Å². The first kappa shape index (κ1) is 15.3. The third kappa shape index (κ3) is 3.13. The lowest BCUT2D eigenvalue weighted by Crippen LogP contribution is -2.39. The maximum atomic E-state index is 12.1. The van der Waals surface area contributed by atoms with E-state index in [-0.39, 0.29) is 36.3 Å². The van der Waals surface area contributed by atoms with Crippen LogP contribution in [-0.2, 0) is 17.6 Å². The van der Waals surface area contributed by atoms with Gasteiger partial charge in [-0.2, -0.15) is 5.10 Å². The molecule has 3 unspecified atom stereocenters. The van der Waals surface area contributed by atoms with Crippen LogP contribution in [0.4, 0.5) is 0 Å². The van der Waals surface area contributed by atoms with Crippen molar-refractivity contribution >= 4 is 18.3 Å². The van der Waals surface area contributed by atoms with E-state index in [1.54, 1.807) is 0 Å². The molecule has 3 atom stereocenters. The summed E-state index contributed by atoms with van der Waals surface area (Å²) in [6.45, 7) is 1.96. The van der Waals surface area contributed by atoms with Gasteiger partial charge in [-0.05, 0) is 18.4 Å². The summed E-state index contributed by atoms with van der Waals surface area (Å²) in [5, 5.41) is 22.8. The van der Waals surface area contributed by atoms with E-state index >= 15 is 0 Å². The van der Waals surface area contributed by atoms with Crippen molar-refractivity contribution in [1.29, 1.82) is 0 Å². The zero-order chi connectivity index (χ0) is 13.2. The number of halogens is 1. The van der Waals surface area contributed by atoms with Crippen LogP contribution in [0, 0.1) is 11.8 Å². The Hall–Kier alpha value is -1.11. The number of carbonyl (C=O) groups excluding carboxylic acids is 1. The summed E-state index contributed by atoms with van der Waals surface area (Å²) in [5.41, 5.74) is 2.33. The summed E-state index contributed by atoms with van der Waals surface area (Å²) in [6.07, 6.45) is 4.05. The molecule has 3 rings (SSSR count). The van der Waals surface area contributed by atoms with E-state index in [1.165, 1.54) is 5.56 Å². The van der Waals surface area contributed by atoms with Gasteiger partial charge in [0.2, 0.25) is 5.91 Å². The number of rotatable bonds is 3. The number of aliphatic hydroxyl groups excluding tert-OH is 1. The number of aromatic amines is 1. The number of nitrogens with zero attached hydrogens (tertiary/aromatic N) is 1. The lowest BCUT2D eigenvalue weighted by Gasteiger charge is -2.22. The molecule has 1 aromatic rings. The fourth-order valence-electron chi connectivity index (χ4n) is 2.94. The zero-order valence-electron chi connectivity index (χ0n) is 11.3. The minimum absolute atomic E-state index is 0. The van der Waals surface area contributed by atoms with Crippen LogP contribution < -0.4 is 10.6 Å². The van der Waals surface area contributed by atoms with Crippen LogP contribution in [-0.4, -0.2) is 46.9 Å². The molecular weight excluding hydrogens is 280 g/mol. The van der Waals surface area contributed by atoms with Crippen molar-refractivity contribution in [2.24, 2.45) is 11.8 Å². The third-order valence-corrected chi connectivity index (χ3v) is 4.23. The SMILES string of the molecule is Cl.O=C(NCC1CNCC1O)C1CCc2cn[nH]c2C1. The highest BCUT2D eigenvalue weighted by Gasteiger charge is 2.28. The number of fused-ring (bicyclic) bond motifs is 1. The van der Waals surface area contributed by atoms with Crippen LogP contribution in [0.5, 0.6) is 0 Å². The van der Waals surface area contributed by atoms with E-state index in [0.717, 1.165) is 31.5 Å². The van der Waals surface area contributed by atoms with E-state index in [0.29, 0.717) is 13.1 Å². The van der Waals surface area contributed by atoms with Gasteiger partial charge in [-0.1, -0.05) is 0 Å². The van der Waals surface area contributed by atoms with Crippen LogP contribution in [0.25, 0.3) is 0 Å². The molecule has 112 valence electrons. The molecular formula is C13H21ClN4O2. The summed E-state index contributed by atoms with van der Waals surface area (Å²) in [7, 11) is 0. The molecule has 0 aromatic carbocycles. The number of aryl methyl sites for hydroxylation is 1. The number of aliphatic hydroxyl groups is 1. The lowest BCUT2D eigenvalue weighted by atomic mass is 9.87. The maximum Gasteiger partial charge on any atom is 0.223 e. The van der Waals surface area contributed by atoms with Gasteiger partial charge in [0.05, 0.1) is 12.3 Å². The second-order valence-electron chi connectivity index (χ2n) is 5.54. The highest BCUT2D eigenvalue weighted by Crippen LogP contribution is 2.23. The standard InChI is InChI=1S/C13H20N4O2.ClH/c18-12-7-14-4-10(12)5-15-13(19)8-1-2-9-6-16-17-11(9)3-8;/h6,8,10,12,14,18H,1-5,7H2,(H,15,19)(H,16,17);1H. The number of carbonyl (C=O) groups is 1. The number of hydrogen-bond acceptors (Lipinski definition) is 4. The van der Waals surface area contributed by atoms with Crippen molar-refractivity contribution in [2.75, 3.05) is 19.6 Å². The number of H-pyrrole nitrogens is 1. The third-order valence-electron chi connectivity index (χ3n) is 4.23. The van der Waals surface area contributed by atoms with Gasteiger partial charge in [-0.25, -0.2) is 0 Å². The number of hydrogen-bond donors (Lipinski definition) is 4. The topological polar surface area (TPSA) is 90.0 Å². The molecule has 2 heterocycles. The molecule has 0 spiro atoms. The van der Waals surface area contributed by atoms with Crippen molar-refractivity contribution < 1.29 is 9.90 Å². The fraction of sp³-hybridized carbons (Fsp3) is 0.692. The Morgan fingerprint density at radius 1 is 1.50 bits per heavy atom. The fourth-order valence-corrected chi connectivity index (χ4v) is 2.94. The molecule has 1 aliphatic carbocycles. The zero-order valence-corrected chi connectivity index (χ0v) is 12.1. The minimum atomic E-state index is -0.342. The Balaban J connectivity index is 0.00000147. The Morgan fingerprint density at radius 2 is 2.35 bits per heavy atom. The van der Waals surface area contributed by atoms with Crippen LogP contribution >= 0.6 is 12.4 Å². The molecule has 20 heavy (non-hydrogen) atoms. The molecule has 1 amide bonds. The van der Waals surface area contributed by atoms with Gasteiger partial charge in [-0.15, -0.1) is 12.4 Å². The van der Waals surface area contributed by atoms with Crippen LogP contribution in [0.1, 0.15) is 17.7 Å². The van der Waals surface area contributed by atoms with E-state index in [2.05, 4.69) is 20.8 Å². The Morgan fingerprint density at radius 3 is 3.10 bits per heavy atom. The van der Waals surface area contributed by atoms with E-state index in [9.17, 15) is 9.90 Å². The molecule has 0 radical (unpaired) electrons. The normalized spacial score (nSPS) is 28.6. The molecule has 1 saturated heterocycles. The second kappa shape index (κ2) is 6.56. The first-order valence-corrected chi connectivity index (χ1v) is 6.91. The monoisotopic (exact) mass is 300 g/mol. The summed E-state index contributed by atoms with van der Waals surface area (Å²) in [6, 6.07) is 0. The van der Waals surface area contributed by atoms with Gasteiger partial charge in [0, 0.05) is 43.6 Å². The summed E-state index contributed by atoms with van der Waals surface area (Å²) in [4.78, 5) is 12.1. The Labute approximate surface area is 124 Å². The number of nitrogens with one attached hydrogen (secondary N) is 3. The largest absolute Gasteiger partial charge is 0.391 e. The van der Waals surface area contributed by atoms with Gasteiger partial charge in [0.15, 0.2) is 0 Å². The smallest absolute Gasteiger partial charge is 0.223 e. The molecule has 2 aliphatic rings.